The summed E-state index contributed by atoms with van der Waals surface area (Å²) in [5, 5.41) is 13.5. The van der Waals surface area contributed by atoms with Crippen molar-refractivity contribution in [2.75, 3.05) is 6.61 Å². The van der Waals surface area contributed by atoms with Gasteiger partial charge in [0.15, 0.2) is 0 Å². The molecule has 0 aromatic heterocycles. The number of non-ortho nitro benzene ring substituents is 1. The first-order valence-corrected chi connectivity index (χ1v) is 10.1. The highest BCUT2D eigenvalue weighted by Gasteiger charge is 2.56. The molecular weight excluding hydrogens is 435 g/mol. The van der Waals surface area contributed by atoms with Gasteiger partial charge in [-0.3, -0.25) is 14.9 Å². The molecule has 2 atom stereocenters. The van der Waals surface area contributed by atoms with Gasteiger partial charge < -0.3 is 14.8 Å². The number of nitrogens with one attached hydrogen (secondary N) is 1. The second-order valence-corrected chi connectivity index (χ2v) is 8.06. The van der Waals surface area contributed by atoms with Gasteiger partial charge in [-0.25, -0.2) is 14.0 Å². The van der Waals surface area contributed by atoms with E-state index in [1.807, 2.05) is 0 Å². The number of esters is 1. The molecule has 10 heteroatoms. The molecule has 2 rings (SSSR count). The fourth-order valence-electron chi connectivity index (χ4n) is 3.03. The lowest BCUT2D eigenvalue weighted by atomic mass is 9.83. The molecule has 2 aromatic rings. The number of carbonyl (C=O) groups is 3. The van der Waals surface area contributed by atoms with Crippen molar-refractivity contribution in [1.29, 1.82) is 0 Å². The smallest absolute Gasteiger partial charge is 0.408 e. The molecular formula is C23H25FN2O7. The van der Waals surface area contributed by atoms with Crippen molar-refractivity contribution in [2.45, 2.75) is 45.0 Å². The van der Waals surface area contributed by atoms with Crippen LogP contribution in [0.25, 0.3) is 0 Å². The molecule has 0 aliphatic heterocycles. The van der Waals surface area contributed by atoms with E-state index >= 15 is 4.39 Å². The molecule has 0 fully saturated rings. The predicted molar refractivity (Wildman–Crippen MR) is 116 cm³/mol. The van der Waals surface area contributed by atoms with Crippen LogP contribution < -0.4 is 5.32 Å². The number of ether oxygens (including phenoxy) is 2. The molecule has 0 saturated heterocycles. The first-order valence-electron chi connectivity index (χ1n) is 10.1. The van der Waals surface area contributed by atoms with E-state index in [1.165, 1.54) is 43.3 Å². The predicted octanol–water partition coefficient (Wildman–Crippen LogP) is 4.31. The molecule has 0 saturated carbocycles. The van der Waals surface area contributed by atoms with Crippen molar-refractivity contribution >= 4 is 23.5 Å². The van der Waals surface area contributed by atoms with Crippen LogP contribution in [0.1, 0.15) is 49.7 Å². The Morgan fingerprint density at radius 3 is 2.27 bits per heavy atom. The van der Waals surface area contributed by atoms with Gasteiger partial charge in [0.2, 0.25) is 5.78 Å². The summed E-state index contributed by atoms with van der Waals surface area (Å²) in [7, 11) is 0. The fraction of sp³-hybridized carbons (Fsp3) is 0.348. The van der Waals surface area contributed by atoms with Crippen LogP contribution in [-0.2, 0) is 14.3 Å². The minimum absolute atomic E-state index is 0.158. The summed E-state index contributed by atoms with van der Waals surface area (Å²) < 4.78 is 26.7. The van der Waals surface area contributed by atoms with E-state index in [4.69, 9.17) is 9.47 Å². The van der Waals surface area contributed by atoms with Gasteiger partial charge in [0.1, 0.15) is 11.6 Å². The normalized spacial score (nSPS) is 13.8. The van der Waals surface area contributed by atoms with Crippen LogP contribution in [0, 0.1) is 10.1 Å². The molecule has 1 N–H and O–H groups in total. The van der Waals surface area contributed by atoms with E-state index < -0.39 is 45.8 Å². The number of nitro benzene ring substituents is 1. The summed E-state index contributed by atoms with van der Waals surface area (Å²) in [5.74, 6) is -2.83. The number of rotatable bonds is 8. The summed E-state index contributed by atoms with van der Waals surface area (Å²) in [6.07, 6.45) is -1.13. The van der Waals surface area contributed by atoms with E-state index in [0.717, 1.165) is 12.1 Å². The Bertz CT molecular complexity index is 1040. The highest BCUT2D eigenvalue weighted by Crippen LogP contribution is 2.36. The van der Waals surface area contributed by atoms with Gasteiger partial charge in [-0.2, -0.15) is 0 Å². The maximum absolute atomic E-state index is 16.7. The minimum Gasteiger partial charge on any atom is -0.463 e. The van der Waals surface area contributed by atoms with Crippen LogP contribution in [0.4, 0.5) is 14.9 Å². The van der Waals surface area contributed by atoms with Gasteiger partial charge in [0, 0.05) is 17.7 Å². The Morgan fingerprint density at radius 2 is 1.73 bits per heavy atom. The van der Waals surface area contributed by atoms with Gasteiger partial charge in [0.25, 0.3) is 11.4 Å². The quantitative estimate of drug-likeness (QED) is 0.204. The van der Waals surface area contributed by atoms with E-state index in [1.54, 1.807) is 26.8 Å². The van der Waals surface area contributed by atoms with Gasteiger partial charge in [-0.05, 0) is 33.3 Å². The number of hydrogen-bond donors (Lipinski definition) is 1. The lowest BCUT2D eigenvalue weighted by Crippen LogP contribution is -2.55. The Balaban J connectivity index is 2.69. The summed E-state index contributed by atoms with van der Waals surface area (Å²) in [5.41, 5.74) is -5.22. The SMILES string of the molecule is CCOC(=O)[C@@](F)(C(=O)c1ccccc1)[C@@H](NC(=O)OC(C)(C)C)c1cccc([N+](=O)[O-])c1. The van der Waals surface area contributed by atoms with Gasteiger partial charge in [0.05, 0.1) is 11.5 Å². The van der Waals surface area contributed by atoms with Crippen molar-refractivity contribution < 1.29 is 33.2 Å². The second-order valence-electron chi connectivity index (χ2n) is 8.06. The van der Waals surface area contributed by atoms with E-state index in [2.05, 4.69) is 5.32 Å². The molecule has 0 bridgehead atoms. The lowest BCUT2D eigenvalue weighted by Gasteiger charge is -2.32. The second kappa shape index (κ2) is 10.2. The van der Waals surface area contributed by atoms with Crippen LogP contribution in [-0.4, -0.2) is 40.6 Å². The minimum atomic E-state index is -3.45. The summed E-state index contributed by atoms with van der Waals surface area (Å²) >= 11 is 0. The van der Waals surface area contributed by atoms with E-state index in [0.29, 0.717) is 0 Å². The molecule has 2 aromatic carbocycles. The standard InChI is InChI=1S/C23H25FN2O7/c1-5-32-20(28)23(24,19(27)15-10-7-6-8-11-15)18(25-21(29)33-22(2,3)4)16-12-9-13-17(14-16)26(30)31/h6-14,18H,5H2,1-4H3,(H,25,29)/t18-,23-/m0/s1. The Kier molecular flexibility index (Phi) is 7.86. The van der Waals surface area contributed by atoms with Crippen molar-refractivity contribution in [3.63, 3.8) is 0 Å². The van der Waals surface area contributed by atoms with Crippen molar-refractivity contribution in [2.24, 2.45) is 0 Å². The number of benzene rings is 2. The van der Waals surface area contributed by atoms with E-state index in [-0.39, 0.29) is 17.7 Å². The molecule has 0 aliphatic carbocycles. The highest BCUT2D eigenvalue weighted by atomic mass is 19.1. The van der Waals surface area contributed by atoms with Gasteiger partial charge in [-0.1, -0.05) is 42.5 Å². The van der Waals surface area contributed by atoms with Crippen LogP contribution in [0.5, 0.6) is 0 Å². The molecule has 0 heterocycles. The van der Waals surface area contributed by atoms with E-state index in [9.17, 15) is 24.5 Å². The number of halogens is 1. The monoisotopic (exact) mass is 460 g/mol. The van der Waals surface area contributed by atoms with Crippen LogP contribution in [0.2, 0.25) is 0 Å². The summed E-state index contributed by atoms with van der Waals surface area (Å²) in [6.45, 7) is 5.88. The zero-order valence-electron chi connectivity index (χ0n) is 18.7. The van der Waals surface area contributed by atoms with Gasteiger partial charge >= 0.3 is 12.1 Å². The first kappa shape index (κ1) is 25.4. The Labute approximate surface area is 190 Å². The molecule has 0 unspecified atom stereocenters. The fourth-order valence-corrected chi connectivity index (χ4v) is 3.03. The van der Waals surface area contributed by atoms with Gasteiger partial charge in [-0.15, -0.1) is 0 Å². The molecule has 176 valence electrons. The summed E-state index contributed by atoms with van der Waals surface area (Å²) in [6, 6.07) is 9.77. The van der Waals surface area contributed by atoms with Crippen LogP contribution in [0.3, 0.4) is 0 Å². The Morgan fingerprint density at radius 1 is 1.09 bits per heavy atom. The average Bonchev–Trinajstić information content (AvgIpc) is 2.76. The number of Topliss-reactive ketones (excluding diaryl/α,β-unsaturated/α-hetero) is 1. The average molecular weight is 460 g/mol. The molecule has 0 aliphatic rings. The zero-order chi connectivity index (χ0) is 24.8. The summed E-state index contributed by atoms with van der Waals surface area (Å²) in [4.78, 5) is 49.2. The third-order valence-corrected chi connectivity index (χ3v) is 4.41. The van der Waals surface area contributed by atoms with Crippen molar-refractivity contribution in [3.8, 4) is 0 Å². The molecule has 9 nitrogen and oxygen atoms in total. The zero-order valence-corrected chi connectivity index (χ0v) is 18.7. The van der Waals surface area contributed by atoms with Crippen LogP contribution >= 0.6 is 0 Å². The number of alkyl carbamates (subject to hydrolysis) is 1. The first-order chi connectivity index (χ1) is 15.4. The number of nitro groups is 1. The molecule has 1 amide bonds. The number of nitrogens with zero attached hydrogens (tertiary/aromatic N) is 1. The largest absolute Gasteiger partial charge is 0.463 e. The number of alkyl halides is 1. The topological polar surface area (TPSA) is 125 Å². The third-order valence-electron chi connectivity index (χ3n) is 4.41. The highest BCUT2D eigenvalue weighted by molar-refractivity contribution is 6.16. The number of ketones is 1. The number of amides is 1. The lowest BCUT2D eigenvalue weighted by molar-refractivity contribution is -0.385. The maximum Gasteiger partial charge on any atom is 0.408 e. The molecule has 33 heavy (non-hydrogen) atoms. The maximum atomic E-state index is 16.7. The number of hydrogen-bond acceptors (Lipinski definition) is 7. The third kappa shape index (κ3) is 6.12. The van der Waals surface area contributed by atoms with Crippen molar-refractivity contribution in [3.05, 3.63) is 75.8 Å². The molecule has 0 spiro atoms. The molecule has 0 radical (unpaired) electrons. The van der Waals surface area contributed by atoms with Crippen LogP contribution in [0.15, 0.2) is 54.6 Å². The van der Waals surface area contributed by atoms with Crippen molar-refractivity contribution in [1.82, 2.24) is 5.32 Å². The Hall–Kier alpha value is -3.82. The number of carbonyl (C=O) groups excluding carboxylic acids is 3.